The summed E-state index contributed by atoms with van der Waals surface area (Å²) in [7, 11) is 0. The molecule has 0 aliphatic heterocycles. The lowest BCUT2D eigenvalue weighted by atomic mass is 9.97. The summed E-state index contributed by atoms with van der Waals surface area (Å²) in [4.78, 5) is 0. The van der Waals surface area contributed by atoms with Crippen LogP contribution in [0.25, 0.3) is 0 Å². The van der Waals surface area contributed by atoms with Crippen LogP contribution in [0.2, 0.25) is 0 Å². The second kappa shape index (κ2) is 6.10. The highest BCUT2D eigenvalue weighted by atomic mass is 16.5. The number of ether oxygens (including phenoxy) is 1. The molecule has 20 heavy (non-hydrogen) atoms. The van der Waals surface area contributed by atoms with Gasteiger partial charge in [-0.2, -0.15) is 0 Å². The Morgan fingerprint density at radius 1 is 1.00 bits per heavy atom. The minimum Gasteiger partial charge on any atom is -0.490 e. The molecular formula is C18H22O2. The number of para-hydroxylation sites is 1. The molecule has 1 atom stereocenters. The van der Waals surface area contributed by atoms with Crippen molar-refractivity contribution >= 4 is 0 Å². The first kappa shape index (κ1) is 14.6. The van der Waals surface area contributed by atoms with Crippen molar-refractivity contribution in [3.05, 3.63) is 65.7 Å². The minimum atomic E-state index is -0.995. The van der Waals surface area contributed by atoms with Crippen LogP contribution in [0.4, 0.5) is 0 Å². The van der Waals surface area contributed by atoms with E-state index in [1.165, 1.54) is 0 Å². The molecule has 1 unspecified atom stereocenters. The van der Waals surface area contributed by atoms with E-state index in [0.29, 0.717) is 5.92 Å². The van der Waals surface area contributed by atoms with Gasteiger partial charge >= 0.3 is 0 Å². The summed E-state index contributed by atoms with van der Waals surface area (Å²) >= 11 is 0. The first-order valence-corrected chi connectivity index (χ1v) is 7.00. The number of aliphatic hydroxyl groups is 1. The predicted molar refractivity (Wildman–Crippen MR) is 82.0 cm³/mol. The van der Waals surface area contributed by atoms with E-state index in [9.17, 15) is 5.11 Å². The van der Waals surface area contributed by atoms with Gasteiger partial charge < -0.3 is 9.84 Å². The maximum atomic E-state index is 10.6. The maximum absolute atomic E-state index is 10.6. The van der Waals surface area contributed by atoms with Gasteiger partial charge in [-0.25, -0.2) is 0 Å². The SMILES string of the molecule is CC(C)c1ccccc1OCC(C)(O)c1ccccc1. The lowest BCUT2D eigenvalue weighted by Gasteiger charge is -2.25. The third kappa shape index (κ3) is 3.40. The smallest absolute Gasteiger partial charge is 0.122 e. The number of hydrogen-bond acceptors (Lipinski definition) is 2. The Hall–Kier alpha value is -1.80. The van der Waals surface area contributed by atoms with Crippen LogP contribution in [0.1, 0.15) is 37.8 Å². The molecule has 0 bridgehead atoms. The molecule has 0 aliphatic rings. The third-order valence-electron chi connectivity index (χ3n) is 3.45. The van der Waals surface area contributed by atoms with Crippen LogP contribution in [-0.2, 0) is 5.60 Å². The van der Waals surface area contributed by atoms with Crippen LogP contribution >= 0.6 is 0 Å². The standard InChI is InChI=1S/C18H22O2/c1-14(2)16-11-7-8-12-17(16)20-13-18(3,19)15-9-5-4-6-10-15/h4-12,14,19H,13H2,1-3H3. The average molecular weight is 270 g/mol. The van der Waals surface area contributed by atoms with Crippen LogP contribution in [0, 0.1) is 0 Å². The fourth-order valence-corrected chi connectivity index (χ4v) is 2.19. The molecule has 0 spiro atoms. The molecule has 106 valence electrons. The van der Waals surface area contributed by atoms with E-state index in [1.807, 2.05) is 48.5 Å². The van der Waals surface area contributed by atoms with Gasteiger partial charge in [-0.1, -0.05) is 62.4 Å². The Balaban J connectivity index is 2.13. The first-order valence-electron chi connectivity index (χ1n) is 7.00. The Labute approximate surface area is 121 Å². The summed E-state index contributed by atoms with van der Waals surface area (Å²) in [5.41, 5.74) is 1.03. The maximum Gasteiger partial charge on any atom is 0.122 e. The van der Waals surface area contributed by atoms with E-state index in [4.69, 9.17) is 4.74 Å². The van der Waals surface area contributed by atoms with Crippen molar-refractivity contribution in [1.29, 1.82) is 0 Å². The minimum absolute atomic E-state index is 0.237. The zero-order valence-corrected chi connectivity index (χ0v) is 12.3. The van der Waals surface area contributed by atoms with Crippen LogP contribution < -0.4 is 4.74 Å². The molecule has 0 saturated carbocycles. The van der Waals surface area contributed by atoms with Crippen molar-refractivity contribution in [3.63, 3.8) is 0 Å². The van der Waals surface area contributed by atoms with E-state index >= 15 is 0 Å². The van der Waals surface area contributed by atoms with Gasteiger partial charge in [-0.15, -0.1) is 0 Å². The van der Waals surface area contributed by atoms with Crippen molar-refractivity contribution in [1.82, 2.24) is 0 Å². The molecule has 0 aromatic heterocycles. The molecule has 2 nitrogen and oxygen atoms in total. The fourth-order valence-electron chi connectivity index (χ4n) is 2.19. The highest BCUT2D eigenvalue weighted by Crippen LogP contribution is 2.28. The molecule has 1 N–H and O–H groups in total. The molecule has 0 amide bonds. The first-order chi connectivity index (χ1) is 9.50. The molecule has 2 rings (SSSR count). The second-order valence-corrected chi connectivity index (χ2v) is 5.62. The molecular weight excluding hydrogens is 248 g/mol. The summed E-state index contributed by atoms with van der Waals surface area (Å²) in [5, 5.41) is 10.6. The van der Waals surface area contributed by atoms with Crippen molar-refractivity contribution in [2.75, 3.05) is 6.61 Å². The zero-order chi connectivity index (χ0) is 14.6. The van der Waals surface area contributed by atoms with E-state index in [2.05, 4.69) is 19.9 Å². The number of benzene rings is 2. The lowest BCUT2D eigenvalue weighted by molar-refractivity contribution is 0.00723. The van der Waals surface area contributed by atoms with Crippen molar-refractivity contribution < 1.29 is 9.84 Å². The van der Waals surface area contributed by atoms with E-state index in [0.717, 1.165) is 16.9 Å². The molecule has 2 aromatic carbocycles. The topological polar surface area (TPSA) is 29.5 Å². The van der Waals surface area contributed by atoms with Gasteiger partial charge in [0.25, 0.3) is 0 Å². The Bertz CT molecular complexity index is 544. The molecule has 0 fully saturated rings. The normalized spacial score (nSPS) is 14.1. The molecule has 0 heterocycles. The zero-order valence-electron chi connectivity index (χ0n) is 12.3. The van der Waals surface area contributed by atoms with Gasteiger partial charge in [-0.3, -0.25) is 0 Å². The van der Waals surface area contributed by atoms with Crippen LogP contribution in [-0.4, -0.2) is 11.7 Å². The van der Waals surface area contributed by atoms with Gasteiger partial charge in [-0.05, 0) is 30.0 Å². The monoisotopic (exact) mass is 270 g/mol. The van der Waals surface area contributed by atoms with Crippen LogP contribution in [0.5, 0.6) is 5.75 Å². The van der Waals surface area contributed by atoms with Gasteiger partial charge in [0.15, 0.2) is 0 Å². The van der Waals surface area contributed by atoms with Gasteiger partial charge in [0.2, 0.25) is 0 Å². The van der Waals surface area contributed by atoms with Crippen molar-refractivity contribution in [2.45, 2.75) is 32.3 Å². The molecule has 2 aromatic rings. The van der Waals surface area contributed by atoms with Crippen LogP contribution in [0.15, 0.2) is 54.6 Å². The Kier molecular flexibility index (Phi) is 4.46. The van der Waals surface area contributed by atoms with Crippen LogP contribution in [0.3, 0.4) is 0 Å². The molecule has 0 saturated heterocycles. The highest BCUT2D eigenvalue weighted by Gasteiger charge is 2.24. The van der Waals surface area contributed by atoms with Gasteiger partial charge in [0.1, 0.15) is 18.0 Å². The summed E-state index contributed by atoms with van der Waals surface area (Å²) in [6.45, 7) is 6.29. The molecule has 0 radical (unpaired) electrons. The summed E-state index contributed by atoms with van der Waals surface area (Å²) in [6, 6.07) is 17.6. The summed E-state index contributed by atoms with van der Waals surface area (Å²) < 4.78 is 5.87. The number of hydrogen-bond donors (Lipinski definition) is 1. The number of rotatable bonds is 5. The molecule has 0 aliphatic carbocycles. The van der Waals surface area contributed by atoms with E-state index in [1.54, 1.807) is 6.92 Å². The fraction of sp³-hybridized carbons (Fsp3) is 0.333. The largest absolute Gasteiger partial charge is 0.490 e. The lowest BCUT2D eigenvalue weighted by Crippen LogP contribution is -2.29. The highest BCUT2D eigenvalue weighted by molar-refractivity contribution is 5.35. The van der Waals surface area contributed by atoms with E-state index in [-0.39, 0.29) is 6.61 Å². The Morgan fingerprint density at radius 2 is 1.60 bits per heavy atom. The van der Waals surface area contributed by atoms with Crippen molar-refractivity contribution in [2.24, 2.45) is 0 Å². The Morgan fingerprint density at radius 3 is 2.25 bits per heavy atom. The average Bonchev–Trinajstić information content (AvgIpc) is 2.46. The van der Waals surface area contributed by atoms with E-state index < -0.39 is 5.60 Å². The predicted octanol–water partition coefficient (Wildman–Crippen LogP) is 4.10. The summed E-state index contributed by atoms with van der Waals surface area (Å²) in [6.07, 6.45) is 0. The third-order valence-corrected chi connectivity index (χ3v) is 3.45. The molecule has 2 heteroatoms. The van der Waals surface area contributed by atoms with Gasteiger partial charge in [0, 0.05) is 0 Å². The quantitative estimate of drug-likeness (QED) is 0.886. The van der Waals surface area contributed by atoms with Gasteiger partial charge in [0.05, 0.1) is 0 Å². The second-order valence-electron chi connectivity index (χ2n) is 5.62. The van der Waals surface area contributed by atoms with Crippen molar-refractivity contribution in [3.8, 4) is 5.75 Å². The summed E-state index contributed by atoms with van der Waals surface area (Å²) in [5.74, 6) is 1.24.